The van der Waals surface area contributed by atoms with Crippen molar-refractivity contribution in [2.45, 2.75) is 55.4 Å². The van der Waals surface area contributed by atoms with Crippen LogP contribution >= 0.6 is 0 Å². The van der Waals surface area contributed by atoms with E-state index in [2.05, 4.69) is 0 Å². The van der Waals surface area contributed by atoms with E-state index >= 15 is 0 Å². The maximum absolute atomic E-state index is 9.70. The Labute approximate surface area is 161 Å². The van der Waals surface area contributed by atoms with Crippen molar-refractivity contribution in [1.29, 1.82) is 0 Å². The Hall–Kier alpha value is -1.60. The third-order valence-electron chi connectivity index (χ3n) is 1.98. The molecule has 9 heteroatoms. The fourth-order valence-electron chi connectivity index (χ4n) is 0. The molecule has 0 rings (SSSR count). The van der Waals surface area contributed by atoms with Crippen LogP contribution in [0, 0.1) is 23.7 Å². The third kappa shape index (κ3) is 45.0. The number of carboxylic acids is 4. The normalized spacial score (nSPS) is 8.80. The number of carboxylic acid groups (broad SMARTS) is 4. The molecule has 0 unspecified atom stereocenters. The van der Waals surface area contributed by atoms with Crippen LogP contribution in [0.3, 0.4) is 0 Å². The quantitative estimate of drug-likeness (QED) is 0.518. The van der Waals surface area contributed by atoms with Crippen LogP contribution in [-0.2, 0) is 36.2 Å². The largest absolute Gasteiger partial charge is 1.00 e. The molecule has 0 aromatic carbocycles. The molecule has 25 heavy (non-hydrogen) atoms. The van der Waals surface area contributed by atoms with Gasteiger partial charge in [0.15, 0.2) is 0 Å². The standard InChI is InChI=1S/4C4H8O2.Fe/c4*1-3(2)4(5)6;/h4*3H,1-2H3,(H,5,6);/p+1. The minimum absolute atomic E-state index is 0. The Bertz CT molecular complexity index is 310. The summed E-state index contributed by atoms with van der Waals surface area (Å²) in [6.07, 6.45) is 0. The van der Waals surface area contributed by atoms with Crippen LogP contribution < -0.4 is 0 Å². The van der Waals surface area contributed by atoms with Crippen molar-refractivity contribution < 1.29 is 58.1 Å². The summed E-state index contributed by atoms with van der Waals surface area (Å²) >= 11 is 0. The number of hydrogen-bond acceptors (Lipinski definition) is 4. The van der Waals surface area contributed by atoms with E-state index in [1.165, 1.54) is 0 Å². The fraction of sp³-hybridized carbons (Fsp3) is 0.750. The number of hydrogen-bond donors (Lipinski definition) is 4. The zero-order valence-electron chi connectivity index (χ0n) is 17.1. The molecule has 0 aliphatic rings. The predicted molar refractivity (Wildman–Crippen MR) is 91.0 cm³/mol. The van der Waals surface area contributed by atoms with Gasteiger partial charge in [-0.1, -0.05) is 55.4 Å². The summed E-state index contributed by atoms with van der Waals surface area (Å²) in [7, 11) is 0. The van der Waals surface area contributed by atoms with Gasteiger partial charge in [-0.2, -0.15) is 0 Å². The molecule has 0 aromatic heterocycles. The average molecular weight is 409 g/mol. The van der Waals surface area contributed by atoms with E-state index in [0.29, 0.717) is 0 Å². The second-order valence-corrected chi connectivity index (χ2v) is 5.97. The molecule has 0 fully saturated rings. The van der Waals surface area contributed by atoms with Gasteiger partial charge in [-0.25, -0.2) is 0 Å². The molecule has 0 saturated heterocycles. The summed E-state index contributed by atoms with van der Waals surface area (Å²) in [5.74, 6) is -3.89. The second-order valence-electron chi connectivity index (χ2n) is 5.97. The van der Waals surface area contributed by atoms with Gasteiger partial charge in [0, 0.05) is 17.1 Å². The number of rotatable bonds is 4. The van der Waals surface area contributed by atoms with Crippen molar-refractivity contribution in [3.63, 3.8) is 0 Å². The van der Waals surface area contributed by atoms with E-state index in [9.17, 15) is 19.2 Å². The molecule has 0 aliphatic carbocycles. The van der Waals surface area contributed by atoms with Crippen molar-refractivity contribution in [3.05, 3.63) is 0 Å². The zero-order valence-corrected chi connectivity index (χ0v) is 17.2. The predicted octanol–water partition coefficient (Wildman–Crippen LogP) is 3.02. The SMILES string of the molecule is CC(C)C(=O)O.CC(C)C(=O)O.CC(C)C(=O)O.CC(C)C(=O)O.[Fe].[H+]. The molecule has 0 amide bonds. The van der Waals surface area contributed by atoms with Crippen molar-refractivity contribution in [3.8, 4) is 0 Å². The van der Waals surface area contributed by atoms with Gasteiger partial charge in [0.1, 0.15) is 0 Å². The van der Waals surface area contributed by atoms with E-state index < -0.39 is 23.9 Å². The first kappa shape index (κ1) is 34.7. The Morgan fingerprint density at radius 1 is 0.480 bits per heavy atom. The molecule has 0 aliphatic heterocycles. The maximum Gasteiger partial charge on any atom is 1.00 e. The molecule has 0 aromatic rings. The maximum atomic E-state index is 9.70. The number of aliphatic carboxylic acids is 4. The molecule has 0 spiro atoms. The van der Waals surface area contributed by atoms with Crippen LogP contribution in [0.25, 0.3) is 0 Å². The van der Waals surface area contributed by atoms with Gasteiger partial charge in [0.2, 0.25) is 0 Å². The van der Waals surface area contributed by atoms with Crippen LogP contribution in [0.1, 0.15) is 56.8 Å². The van der Waals surface area contributed by atoms with Crippen LogP contribution in [0.2, 0.25) is 0 Å². The molecule has 0 bridgehead atoms. The minimum atomic E-state index is -0.741. The molecule has 0 heterocycles. The van der Waals surface area contributed by atoms with E-state index in [1.54, 1.807) is 55.4 Å². The van der Waals surface area contributed by atoms with Crippen LogP contribution in [0.5, 0.6) is 0 Å². The van der Waals surface area contributed by atoms with Crippen molar-refractivity contribution in [2.24, 2.45) is 23.7 Å². The Kier molecular flexibility index (Phi) is 28.4. The Morgan fingerprint density at radius 2 is 0.520 bits per heavy atom. The van der Waals surface area contributed by atoms with Crippen molar-refractivity contribution in [1.82, 2.24) is 0 Å². The summed E-state index contributed by atoms with van der Waals surface area (Å²) in [6.45, 7) is 13.1. The monoisotopic (exact) mass is 409 g/mol. The summed E-state index contributed by atoms with van der Waals surface area (Å²) in [5, 5.41) is 32.0. The first-order valence-electron chi connectivity index (χ1n) is 7.48. The van der Waals surface area contributed by atoms with Gasteiger partial charge in [-0.15, -0.1) is 0 Å². The summed E-state index contributed by atoms with van der Waals surface area (Å²) in [6, 6.07) is 0. The van der Waals surface area contributed by atoms with Gasteiger partial charge in [-0.3, -0.25) is 19.2 Å². The molecule has 4 N–H and O–H groups in total. The van der Waals surface area contributed by atoms with Gasteiger partial charge < -0.3 is 20.4 Å². The molecular formula is C16H33FeO8+. The van der Waals surface area contributed by atoms with Crippen LogP contribution in [-0.4, -0.2) is 44.3 Å². The van der Waals surface area contributed by atoms with E-state index in [4.69, 9.17) is 20.4 Å². The molecule has 152 valence electrons. The van der Waals surface area contributed by atoms with Crippen molar-refractivity contribution in [2.75, 3.05) is 0 Å². The molecule has 0 atom stereocenters. The van der Waals surface area contributed by atoms with E-state index in [1.807, 2.05) is 0 Å². The molecular weight excluding hydrogens is 376 g/mol. The van der Waals surface area contributed by atoms with Gasteiger partial charge >= 0.3 is 25.3 Å². The first-order valence-corrected chi connectivity index (χ1v) is 7.48. The molecule has 0 radical (unpaired) electrons. The summed E-state index contributed by atoms with van der Waals surface area (Å²) < 4.78 is 0. The second kappa shape index (κ2) is 20.4. The molecule has 8 nitrogen and oxygen atoms in total. The van der Waals surface area contributed by atoms with Gasteiger partial charge in [-0.05, 0) is 0 Å². The summed E-state index contributed by atoms with van der Waals surface area (Å²) in [4.78, 5) is 38.8. The molecule has 0 saturated carbocycles. The topological polar surface area (TPSA) is 149 Å². The first-order chi connectivity index (χ1) is 10.6. The smallest absolute Gasteiger partial charge is 0.481 e. The van der Waals surface area contributed by atoms with Crippen molar-refractivity contribution >= 4 is 23.9 Å². The van der Waals surface area contributed by atoms with E-state index in [-0.39, 0.29) is 42.2 Å². The average Bonchev–Trinajstić information content (AvgIpc) is 2.40. The Morgan fingerprint density at radius 3 is 0.520 bits per heavy atom. The Balaban J connectivity index is -0.0000000500. The van der Waals surface area contributed by atoms with Crippen LogP contribution in [0.15, 0.2) is 0 Å². The van der Waals surface area contributed by atoms with E-state index in [0.717, 1.165) is 0 Å². The fourth-order valence-corrected chi connectivity index (χ4v) is 0. The third-order valence-corrected chi connectivity index (χ3v) is 1.98. The zero-order chi connectivity index (χ0) is 20.6. The van der Waals surface area contributed by atoms with Gasteiger partial charge in [0.25, 0.3) is 0 Å². The van der Waals surface area contributed by atoms with Crippen LogP contribution in [0.4, 0.5) is 0 Å². The summed E-state index contributed by atoms with van der Waals surface area (Å²) in [5.41, 5.74) is 0. The minimum Gasteiger partial charge on any atom is -0.481 e. The number of carbonyl (C=O) groups is 4. The van der Waals surface area contributed by atoms with Gasteiger partial charge in [0.05, 0.1) is 23.7 Å².